The van der Waals surface area contributed by atoms with E-state index in [0.29, 0.717) is 10.9 Å². The van der Waals surface area contributed by atoms with Gasteiger partial charge in [-0.25, -0.2) is 4.99 Å². The minimum absolute atomic E-state index is 0.0162. The molecule has 1 fully saturated rings. The Kier molecular flexibility index (Phi) is 2.64. The third-order valence-corrected chi connectivity index (χ3v) is 2.95. The van der Waals surface area contributed by atoms with Crippen molar-refractivity contribution in [3.05, 3.63) is 24.3 Å². The third kappa shape index (κ3) is 2.30. The molecule has 1 aromatic rings. The first kappa shape index (κ1) is 10.0. The monoisotopic (exact) mass is 222 g/mol. The highest BCUT2D eigenvalue weighted by Gasteiger charge is 2.25. The van der Waals surface area contributed by atoms with E-state index in [1.54, 1.807) is 24.3 Å². The van der Waals surface area contributed by atoms with E-state index in [0.717, 1.165) is 0 Å². The van der Waals surface area contributed by atoms with Gasteiger partial charge in [0.2, 0.25) is 5.91 Å². The number of nitrogens with one attached hydrogen (secondary N) is 1. The van der Waals surface area contributed by atoms with Crippen molar-refractivity contribution in [1.82, 2.24) is 5.32 Å². The summed E-state index contributed by atoms with van der Waals surface area (Å²) in [4.78, 5) is 15.4. The largest absolute Gasteiger partial charge is 0.508 e. The standard InChI is InChI=1S/C10H10N2O2S/c1-6-9(14)12-10(15-6)11-7-2-4-8(13)5-3-7/h2-6,13H,1H3,(H,11,12,14). The van der Waals surface area contributed by atoms with Crippen LogP contribution in [0.3, 0.4) is 0 Å². The van der Waals surface area contributed by atoms with E-state index in [4.69, 9.17) is 5.11 Å². The highest BCUT2D eigenvalue weighted by atomic mass is 32.2. The minimum Gasteiger partial charge on any atom is -0.508 e. The van der Waals surface area contributed by atoms with Crippen LogP contribution in [0.1, 0.15) is 6.92 Å². The Morgan fingerprint density at radius 3 is 2.60 bits per heavy atom. The van der Waals surface area contributed by atoms with Gasteiger partial charge in [-0.2, -0.15) is 0 Å². The molecule has 0 aliphatic carbocycles. The van der Waals surface area contributed by atoms with Crippen LogP contribution >= 0.6 is 11.8 Å². The van der Waals surface area contributed by atoms with E-state index >= 15 is 0 Å². The molecule has 1 atom stereocenters. The molecule has 2 rings (SSSR count). The maximum Gasteiger partial charge on any atom is 0.239 e. The Balaban J connectivity index is 2.17. The molecule has 4 nitrogen and oxygen atoms in total. The fraction of sp³-hybridized carbons (Fsp3) is 0.200. The van der Waals surface area contributed by atoms with E-state index < -0.39 is 0 Å². The zero-order valence-corrected chi connectivity index (χ0v) is 8.91. The molecular formula is C10H10N2O2S. The van der Waals surface area contributed by atoms with Gasteiger partial charge < -0.3 is 10.4 Å². The maximum atomic E-state index is 11.2. The molecule has 1 heterocycles. The summed E-state index contributed by atoms with van der Waals surface area (Å²) >= 11 is 1.40. The van der Waals surface area contributed by atoms with Gasteiger partial charge in [0.25, 0.3) is 0 Å². The van der Waals surface area contributed by atoms with Crippen LogP contribution < -0.4 is 5.32 Å². The van der Waals surface area contributed by atoms with Gasteiger partial charge in [-0.15, -0.1) is 0 Å². The van der Waals surface area contributed by atoms with E-state index in [1.165, 1.54) is 11.8 Å². The molecule has 0 radical (unpaired) electrons. The molecule has 1 aliphatic rings. The molecule has 1 aliphatic heterocycles. The highest BCUT2D eigenvalue weighted by molar-refractivity contribution is 8.15. The van der Waals surface area contributed by atoms with Gasteiger partial charge in [0.1, 0.15) is 5.75 Å². The number of amidine groups is 1. The van der Waals surface area contributed by atoms with E-state index in [1.807, 2.05) is 6.92 Å². The molecule has 0 spiro atoms. The Bertz CT molecular complexity index is 414. The molecule has 1 aromatic carbocycles. The van der Waals surface area contributed by atoms with Crippen LogP contribution in [0, 0.1) is 0 Å². The van der Waals surface area contributed by atoms with Gasteiger partial charge in [0, 0.05) is 0 Å². The first-order chi connectivity index (χ1) is 7.15. The number of nitrogens with zero attached hydrogens (tertiary/aromatic N) is 1. The highest BCUT2D eigenvalue weighted by Crippen LogP contribution is 2.23. The third-order valence-electron chi connectivity index (χ3n) is 1.97. The lowest BCUT2D eigenvalue weighted by Gasteiger charge is -1.96. The van der Waals surface area contributed by atoms with E-state index in [2.05, 4.69) is 10.3 Å². The molecule has 5 heteroatoms. The number of thioether (sulfide) groups is 1. The molecule has 1 amide bonds. The Labute approximate surface area is 91.4 Å². The number of hydrogen-bond donors (Lipinski definition) is 2. The van der Waals surface area contributed by atoms with Crippen molar-refractivity contribution in [2.24, 2.45) is 4.99 Å². The van der Waals surface area contributed by atoms with Crippen molar-refractivity contribution in [3.63, 3.8) is 0 Å². The molecule has 0 aromatic heterocycles. The summed E-state index contributed by atoms with van der Waals surface area (Å²) < 4.78 is 0. The average Bonchev–Trinajstić information content (AvgIpc) is 2.50. The lowest BCUT2D eigenvalue weighted by molar-refractivity contribution is -0.118. The van der Waals surface area contributed by atoms with Gasteiger partial charge in [0.05, 0.1) is 10.9 Å². The summed E-state index contributed by atoms with van der Waals surface area (Å²) in [6, 6.07) is 6.50. The zero-order valence-electron chi connectivity index (χ0n) is 8.10. The zero-order chi connectivity index (χ0) is 10.8. The van der Waals surface area contributed by atoms with Gasteiger partial charge in [-0.05, 0) is 31.2 Å². The minimum atomic E-state index is -0.0825. The number of carbonyl (C=O) groups excluding carboxylic acids is 1. The van der Waals surface area contributed by atoms with Crippen LogP contribution in [0.5, 0.6) is 5.75 Å². The van der Waals surface area contributed by atoms with Crippen molar-refractivity contribution in [2.75, 3.05) is 0 Å². The van der Waals surface area contributed by atoms with Crippen LogP contribution in [0.4, 0.5) is 5.69 Å². The number of phenolic OH excluding ortho intramolecular Hbond substituents is 1. The van der Waals surface area contributed by atoms with E-state index in [9.17, 15) is 4.79 Å². The van der Waals surface area contributed by atoms with Gasteiger partial charge in [-0.3, -0.25) is 4.79 Å². The Hall–Kier alpha value is -1.49. The van der Waals surface area contributed by atoms with Crippen molar-refractivity contribution < 1.29 is 9.90 Å². The predicted octanol–water partition coefficient (Wildman–Crippen LogP) is 1.63. The first-order valence-corrected chi connectivity index (χ1v) is 5.38. The summed E-state index contributed by atoms with van der Waals surface area (Å²) in [6.07, 6.45) is 0. The predicted molar refractivity (Wildman–Crippen MR) is 60.4 cm³/mol. The van der Waals surface area contributed by atoms with E-state index in [-0.39, 0.29) is 16.9 Å². The average molecular weight is 222 g/mol. The second kappa shape index (κ2) is 3.94. The van der Waals surface area contributed by atoms with Crippen molar-refractivity contribution in [2.45, 2.75) is 12.2 Å². The molecular weight excluding hydrogens is 212 g/mol. The maximum absolute atomic E-state index is 11.2. The number of aliphatic imine (C=N–C) groups is 1. The molecule has 15 heavy (non-hydrogen) atoms. The van der Waals surface area contributed by atoms with Crippen molar-refractivity contribution in [3.8, 4) is 5.75 Å². The Morgan fingerprint density at radius 2 is 2.07 bits per heavy atom. The van der Waals surface area contributed by atoms with Crippen LogP contribution in [-0.2, 0) is 4.79 Å². The molecule has 0 bridgehead atoms. The number of rotatable bonds is 1. The number of aromatic hydroxyl groups is 1. The second-order valence-corrected chi connectivity index (χ2v) is 4.51. The van der Waals surface area contributed by atoms with Gasteiger partial charge in [-0.1, -0.05) is 11.8 Å². The van der Waals surface area contributed by atoms with Crippen molar-refractivity contribution in [1.29, 1.82) is 0 Å². The van der Waals surface area contributed by atoms with Crippen molar-refractivity contribution >= 4 is 28.5 Å². The summed E-state index contributed by atoms with van der Waals surface area (Å²) in [5.41, 5.74) is 0.713. The summed E-state index contributed by atoms with van der Waals surface area (Å²) in [7, 11) is 0. The summed E-state index contributed by atoms with van der Waals surface area (Å²) in [5, 5.41) is 12.3. The number of benzene rings is 1. The summed E-state index contributed by atoms with van der Waals surface area (Å²) in [5.74, 6) is 0.188. The smallest absolute Gasteiger partial charge is 0.239 e. The lowest BCUT2D eigenvalue weighted by Crippen LogP contribution is -2.23. The molecule has 0 saturated carbocycles. The topological polar surface area (TPSA) is 61.7 Å². The van der Waals surface area contributed by atoms with Crippen LogP contribution in [0.15, 0.2) is 29.3 Å². The van der Waals surface area contributed by atoms with Gasteiger partial charge >= 0.3 is 0 Å². The van der Waals surface area contributed by atoms with Crippen LogP contribution in [-0.4, -0.2) is 21.4 Å². The fourth-order valence-corrected chi connectivity index (χ4v) is 1.97. The SMILES string of the molecule is CC1SC(=Nc2ccc(O)cc2)NC1=O. The number of carbonyl (C=O) groups is 1. The van der Waals surface area contributed by atoms with Crippen LogP contribution in [0.2, 0.25) is 0 Å². The van der Waals surface area contributed by atoms with Crippen LogP contribution in [0.25, 0.3) is 0 Å². The molecule has 78 valence electrons. The quantitative estimate of drug-likeness (QED) is 0.759. The molecule has 2 N–H and O–H groups in total. The number of amides is 1. The Morgan fingerprint density at radius 1 is 1.40 bits per heavy atom. The lowest BCUT2D eigenvalue weighted by atomic mass is 10.3. The molecule has 1 saturated heterocycles. The number of phenols is 1. The molecule has 1 unspecified atom stereocenters. The van der Waals surface area contributed by atoms with Gasteiger partial charge in [0.15, 0.2) is 5.17 Å². The second-order valence-electron chi connectivity index (χ2n) is 3.18. The summed E-state index contributed by atoms with van der Waals surface area (Å²) in [6.45, 7) is 1.83. The normalized spacial score (nSPS) is 23.1. The number of hydrogen-bond acceptors (Lipinski definition) is 4. The fourth-order valence-electron chi connectivity index (χ4n) is 1.16. The first-order valence-electron chi connectivity index (χ1n) is 4.50.